The third-order valence-electron chi connectivity index (χ3n) is 5.92. The molecule has 0 aliphatic carbocycles. The number of carboxylic acids is 1. The SMILES string of the molecule is CCCCCCCCCCCCCCCCNC(CCO)(C(=O)O)[N+](C)(C)C. The molecule has 0 aromatic heterocycles. The Morgan fingerprint density at radius 3 is 1.50 bits per heavy atom. The summed E-state index contributed by atoms with van der Waals surface area (Å²) >= 11 is 0. The number of aliphatic hydroxyl groups is 1. The normalized spacial score (nSPS) is 14.2. The molecule has 0 heterocycles. The monoisotopic (exact) mass is 401 g/mol. The van der Waals surface area contributed by atoms with Crippen LogP contribution in [0.15, 0.2) is 0 Å². The van der Waals surface area contributed by atoms with Crippen LogP contribution in [0.4, 0.5) is 0 Å². The van der Waals surface area contributed by atoms with Gasteiger partial charge in [-0.15, -0.1) is 0 Å². The Morgan fingerprint density at radius 1 is 0.786 bits per heavy atom. The molecule has 0 bridgehead atoms. The minimum atomic E-state index is -1.12. The minimum Gasteiger partial charge on any atom is -0.476 e. The van der Waals surface area contributed by atoms with Crippen molar-refractivity contribution in [2.45, 2.75) is 109 Å². The highest BCUT2D eigenvalue weighted by Gasteiger charge is 2.49. The van der Waals surface area contributed by atoms with Crippen molar-refractivity contribution in [1.82, 2.24) is 5.32 Å². The molecule has 0 aliphatic heterocycles. The first-order valence-corrected chi connectivity index (χ1v) is 11.7. The minimum absolute atomic E-state index is 0.131. The first-order chi connectivity index (χ1) is 13.3. The summed E-state index contributed by atoms with van der Waals surface area (Å²) in [6.45, 7) is 2.82. The second-order valence-corrected chi connectivity index (χ2v) is 9.17. The smallest absolute Gasteiger partial charge is 0.382 e. The van der Waals surface area contributed by atoms with Gasteiger partial charge in [0.05, 0.1) is 34.2 Å². The van der Waals surface area contributed by atoms with Crippen LogP contribution in [-0.2, 0) is 4.79 Å². The molecular formula is C23H49N2O3+. The molecule has 0 radical (unpaired) electrons. The van der Waals surface area contributed by atoms with Gasteiger partial charge in [0.2, 0.25) is 0 Å². The number of unbranched alkanes of at least 4 members (excludes halogenated alkanes) is 13. The van der Waals surface area contributed by atoms with E-state index in [4.69, 9.17) is 0 Å². The standard InChI is InChI=1S/C23H48N2O3/c1-5-6-7-8-9-10-11-12-13-14-15-16-17-18-20-24-23(19-21-26,22(27)28)25(2,3)4/h24,26H,5-21H2,1-4H3/p+1. The lowest BCUT2D eigenvalue weighted by atomic mass is 10.0. The average molecular weight is 402 g/mol. The van der Waals surface area contributed by atoms with E-state index < -0.39 is 11.6 Å². The molecule has 3 N–H and O–H groups in total. The fourth-order valence-corrected chi connectivity index (χ4v) is 3.91. The highest BCUT2D eigenvalue weighted by atomic mass is 16.4. The summed E-state index contributed by atoms with van der Waals surface area (Å²) in [5, 5.41) is 22.3. The van der Waals surface area contributed by atoms with Gasteiger partial charge in [0.15, 0.2) is 0 Å². The Hall–Kier alpha value is -0.650. The Kier molecular flexibility index (Phi) is 15.8. The van der Waals surface area contributed by atoms with Crippen LogP contribution in [0.1, 0.15) is 103 Å². The van der Waals surface area contributed by atoms with Crippen LogP contribution in [-0.4, -0.2) is 60.6 Å². The van der Waals surface area contributed by atoms with E-state index in [1.54, 1.807) is 0 Å². The van der Waals surface area contributed by atoms with Gasteiger partial charge in [-0.05, 0) is 6.42 Å². The molecule has 1 atom stereocenters. The molecule has 0 rings (SSSR count). The molecule has 0 spiro atoms. The Labute approximate surface area is 174 Å². The number of aliphatic hydroxyl groups excluding tert-OH is 1. The average Bonchev–Trinajstić information content (AvgIpc) is 2.62. The summed E-state index contributed by atoms with van der Waals surface area (Å²) in [5.74, 6) is -0.889. The van der Waals surface area contributed by atoms with Crippen LogP contribution in [0.2, 0.25) is 0 Å². The van der Waals surface area contributed by atoms with Crippen molar-refractivity contribution in [3.8, 4) is 0 Å². The van der Waals surface area contributed by atoms with E-state index in [-0.39, 0.29) is 17.5 Å². The molecule has 0 aromatic rings. The number of quaternary nitrogens is 1. The quantitative estimate of drug-likeness (QED) is 0.154. The first-order valence-electron chi connectivity index (χ1n) is 11.7. The molecule has 5 heteroatoms. The molecule has 28 heavy (non-hydrogen) atoms. The number of nitrogens with one attached hydrogen (secondary N) is 1. The Bertz CT molecular complexity index is 383. The molecule has 0 amide bonds. The van der Waals surface area contributed by atoms with Gasteiger partial charge in [-0.25, -0.2) is 4.79 Å². The van der Waals surface area contributed by atoms with E-state index >= 15 is 0 Å². The Balaban J connectivity index is 3.71. The maximum absolute atomic E-state index is 11.8. The van der Waals surface area contributed by atoms with Gasteiger partial charge < -0.3 is 14.7 Å². The number of aliphatic carboxylic acids is 1. The number of carboxylic acid groups (broad SMARTS) is 1. The Morgan fingerprint density at radius 2 is 1.18 bits per heavy atom. The van der Waals surface area contributed by atoms with Crippen molar-refractivity contribution in [2.75, 3.05) is 34.3 Å². The second kappa shape index (κ2) is 16.2. The molecule has 0 aliphatic rings. The fraction of sp³-hybridized carbons (Fsp3) is 0.957. The van der Waals surface area contributed by atoms with Gasteiger partial charge in [-0.3, -0.25) is 5.32 Å². The van der Waals surface area contributed by atoms with E-state index in [0.717, 1.165) is 12.8 Å². The van der Waals surface area contributed by atoms with Crippen LogP contribution < -0.4 is 5.32 Å². The predicted octanol–water partition coefficient (Wildman–Crippen LogP) is 4.93. The summed E-state index contributed by atoms with van der Waals surface area (Å²) in [5.41, 5.74) is -1.12. The van der Waals surface area contributed by atoms with E-state index in [1.165, 1.54) is 77.0 Å². The van der Waals surface area contributed by atoms with Crippen molar-refractivity contribution in [3.63, 3.8) is 0 Å². The lowest BCUT2D eigenvalue weighted by Crippen LogP contribution is -2.70. The maximum atomic E-state index is 11.8. The molecule has 1 unspecified atom stereocenters. The lowest BCUT2D eigenvalue weighted by Gasteiger charge is -2.43. The van der Waals surface area contributed by atoms with Gasteiger partial charge in [-0.2, -0.15) is 0 Å². The number of hydrogen-bond acceptors (Lipinski definition) is 3. The van der Waals surface area contributed by atoms with Crippen LogP contribution in [0.5, 0.6) is 0 Å². The van der Waals surface area contributed by atoms with E-state index in [0.29, 0.717) is 6.54 Å². The van der Waals surface area contributed by atoms with Crippen molar-refractivity contribution in [1.29, 1.82) is 0 Å². The molecule has 0 aromatic carbocycles. The van der Waals surface area contributed by atoms with Crippen molar-refractivity contribution in [2.24, 2.45) is 0 Å². The van der Waals surface area contributed by atoms with Crippen molar-refractivity contribution >= 4 is 5.97 Å². The third-order valence-corrected chi connectivity index (χ3v) is 5.92. The molecule has 0 fully saturated rings. The molecule has 0 saturated heterocycles. The van der Waals surface area contributed by atoms with Crippen LogP contribution in [0, 0.1) is 0 Å². The topological polar surface area (TPSA) is 69.6 Å². The first kappa shape index (κ1) is 27.4. The predicted molar refractivity (Wildman–Crippen MR) is 118 cm³/mol. The van der Waals surface area contributed by atoms with E-state index in [9.17, 15) is 15.0 Å². The number of rotatable bonds is 20. The largest absolute Gasteiger partial charge is 0.476 e. The number of hydrogen-bond donors (Lipinski definition) is 3. The zero-order valence-corrected chi connectivity index (χ0v) is 19.3. The summed E-state index contributed by atoms with van der Waals surface area (Å²) in [6, 6.07) is 0. The summed E-state index contributed by atoms with van der Waals surface area (Å²) in [7, 11) is 5.59. The van der Waals surface area contributed by atoms with E-state index in [2.05, 4.69) is 12.2 Å². The summed E-state index contributed by atoms with van der Waals surface area (Å²) < 4.78 is 0.251. The zero-order valence-electron chi connectivity index (χ0n) is 19.3. The summed E-state index contributed by atoms with van der Waals surface area (Å²) in [6.07, 6.45) is 18.6. The number of nitrogens with zero attached hydrogens (tertiary/aromatic N) is 1. The molecule has 168 valence electrons. The van der Waals surface area contributed by atoms with Crippen LogP contribution in [0.3, 0.4) is 0 Å². The number of carbonyl (C=O) groups is 1. The lowest BCUT2D eigenvalue weighted by molar-refractivity contribution is -0.918. The third kappa shape index (κ3) is 11.4. The van der Waals surface area contributed by atoms with Gasteiger partial charge >= 0.3 is 5.97 Å². The van der Waals surface area contributed by atoms with Gasteiger partial charge in [0, 0.05) is 6.54 Å². The van der Waals surface area contributed by atoms with Gasteiger partial charge in [-0.1, -0.05) is 90.4 Å². The molecular weight excluding hydrogens is 352 g/mol. The highest BCUT2D eigenvalue weighted by molar-refractivity contribution is 5.76. The van der Waals surface area contributed by atoms with E-state index in [1.807, 2.05) is 21.1 Å². The highest BCUT2D eigenvalue weighted by Crippen LogP contribution is 2.21. The van der Waals surface area contributed by atoms with Crippen LogP contribution in [0.25, 0.3) is 0 Å². The summed E-state index contributed by atoms with van der Waals surface area (Å²) in [4.78, 5) is 11.8. The molecule has 0 saturated carbocycles. The van der Waals surface area contributed by atoms with Gasteiger partial charge in [0.25, 0.3) is 5.66 Å². The molecule has 5 nitrogen and oxygen atoms in total. The van der Waals surface area contributed by atoms with Crippen molar-refractivity contribution < 1.29 is 19.5 Å². The second-order valence-electron chi connectivity index (χ2n) is 9.17. The van der Waals surface area contributed by atoms with Crippen molar-refractivity contribution in [3.05, 3.63) is 0 Å². The van der Waals surface area contributed by atoms with Crippen LogP contribution >= 0.6 is 0 Å². The number of likely N-dealkylation sites (N-methyl/N-ethyl adjacent to an activating group) is 1. The zero-order chi connectivity index (χ0) is 21.3. The van der Waals surface area contributed by atoms with Gasteiger partial charge in [0.1, 0.15) is 0 Å². The fourth-order valence-electron chi connectivity index (χ4n) is 3.91. The maximum Gasteiger partial charge on any atom is 0.382 e.